The Balaban J connectivity index is 1.91. The Morgan fingerprint density at radius 3 is 2.64 bits per heavy atom. The summed E-state index contributed by atoms with van der Waals surface area (Å²) >= 11 is 0. The average molecular weight is 289 g/mol. The summed E-state index contributed by atoms with van der Waals surface area (Å²) in [6, 6.07) is 15.5. The molecule has 0 aliphatic carbocycles. The van der Waals surface area contributed by atoms with Crippen molar-refractivity contribution in [2.75, 3.05) is 6.54 Å². The van der Waals surface area contributed by atoms with Crippen LogP contribution in [0.1, 0.15) is 22.4 Å². The molecule has 0 fully saturated rings. The van der Waals surface area contributed by atoms with Gasteiger partial charge in [0.25, 0.3) is 0 Å². The van der Waals surface area contributed by atoms with Gasteiger partial charge in [-0.3, -0.25) is 0 Å². The summed E-state index contributed by atoms with van der Waals surface area (Å²) in [5.74, 6) is 0. The van der Waals surface area contributed by atoms with E-state index >= 15 is 0 Å². The maximum Gasteiger partial charge on any atom is 0.205 e. The van der Waals surface area contributed by atoms with Gasteiger partial charge in [0.15, 0.2) is 12.8 Å². The highest BCUT2D eigenvalue weighted by molar-refractivity contribution is 5.94. The van der Waals surface area contributed by atoms with Gasteiger partial charge in [0.2, 0.25) is 5.69 Å². The van der Waals surface area contributed by atoms with Crippen LogP contribution in [0.5, 0.6) is 0 Å². The lowest BCUT2D eigenvalue weighted by atomic mass is 10.0. The van der Waals surface area contributed by atoms with Crippen LogP contribution in [0.3, 0.4) is 0 Å². The van der Waals surface area contributed by atoms with E-state index in [9.17, 15) is 0 Å². The van der Waals surface area contributed by atoms with E-state index in [1.54, 1.807) is 0 Å². The molecule has 3 aromatic rings. The molecule has 1 aliphatic heterocycles. The van der Waals surface area contributed by atoms with Crippen molar-refractivity contribution in [1.29, 1.82) is 0 Å². The SMILES string of the molecule is Cc1cccc([N+]2=Cc3c(c4cc(C)ccc4n3C)CC2)c1. The van der Waals surface area contributed by atoms with Crippen molar-refractivity contribution in [3.63, 3.8) is 0 Å². The van der Waals surface area contributed by atoms with Gasteiger partial charge in [-0.2, -0.15) is 4.58 Å². The first kappa shape index (κ1) is 13.3. The molecule has 0 saturated carbocycles. The van der Waals surface area contributed by atoms with Gasteiger partial charge in [0.1, 0.15) is 5.69 Å². The molecule has 0 bridgehead atoms. The van der Waals surface area contributed by atoms with Gasteiger partial charge in [-0.1, -0.05) is 23.8 Å². The fourth-order valence-corrected chi connectivity index (χ4v) is 3.54. The molecule has 4 rings (SSSR count). The van der Waals surface area contributed by atoms with E-state index in [2.05, 4.69) is 78.7 Å². The average Bonchev–Trinajstić information content (AvgIpc) is 2.79. The number of hydrogen-bond donors (Lipinski definition) is 0. The minimum atomic E-state index is 1.05. The van der Waals surface area contributed by atoms with E-state index in [1.807, 2.05) is 0 Å². The van der Waals surface area contributed by atoms with Gasteiger partial charge in [-0.05, 0) is 37.1 Å². The van der Waals surface area contributed by atoms with Crippen molar-refractivity contribution in [1.82, 2.24) is 4.57 Å². The Bertz CT molecular complexity index is 913. The standard InChI is InChI=1S/C20H21N2/c1-14-5-4-6-16(11-14)22-10-9-17-18-12-15(2)7-8-19(18)21(3)20(17)13-22/h4-8,11-13H,9-10H2,1-3H3/q+1. The first-order valence-electron chi connectivity index (χ1n) is 7.89. The predicted octanol–water partition coefficient (Wildman–Crippen LogP) is 4.11. The highest BCUT2D eigenvalue weighted by atomic mass is 15.0. The van der Waals surface area contributed by atoms with Crippen LogP contribution in [-0.2, 0) is 13.5 Å². The zero-order chi connectivity index (χ0) is 15.3. The quantitative estimate of drug-likeness (QED) is 0.596. The van der Waals surface area contributed by atoms with Crippen molar-refractivity contribution in [3.8, 4) is 0 Å². The van der Waals surface area contributed by atoms with Gasteiger partial charge >= 0.3 is 0 Å². The summed E-state index contributed by atoms with van der Waals surface area (Å²) in [5.41, 5.74) is 8.09. The first-order chi connectivity index (χ1) is 10.6. The number of aryl methyl sites for hydroxylation is 3. The van der Waals surface area contributed by atoms with Crippen LogP contribution < -0.4 is 0 Å². The zero-order valence-corrected chi connectivity index (χ0v) is 13.4. The molecule has 0 atom stereocenters. The van der Waals surface area contributed by atoms with Crippen LogP contribution in [0.2, 0.25) is 0 Å². The fraction of sp³-hybridized carbons (Fsp3) is 0.250. The van der Waals surface area contributed by atoms with Gasteiger partial charge in [-0.15, -0.1) is 0 Å². The van der Waals surface area contributed by atoms with E-state index in [0.29, 0.717) is 0 Å². The van der Waals surface area contributed by atoms with Gasteiger partial charge in [-0.25, -0.2) is 0 Å². The summed E-state index contributed by atoms with van der Waals surface area (Å²) in [7, 11) is 2.17. The molecule has 0 radical (unpaired) electrons. The number of aromatic nitrogens is 1. The van der Waals surface area contributed by atoms with E-state index in [0.717, 1.165) is 13.0 Å². The highest BCUT2D eigenvalue weighted by Gasteiger charge is 2.24. The molecule has 110 valence electrons. The van der Waals surface area contributed by atoms with Crippen LogP contribution in [0, 0.1) is 13.8 Å². The third-order valence-electron chi connectivity index (χ3n) is 4.72. The Labute approximate surface area is 131 Å². The Morgan fingerprint density at radius 1 is 1.00 bits per heavy atom. The molecular weight excluding hydrogens is 268 g/mol. The van der Waals surface area contributed by atoms with Crippen molar-refractivity contribution < 1.29 is 4.58 Å². The van der Waals surface area contributed by atoms with Crippen molar-refractivity contribution in [3.05, 3.63) is 64.8 Å². The Hall–Kier alpha value is -2.35. The maximum absolute atomic E-state index is 2.38. The van der Waals surface area contributed by atoms with Crippen molar-refractivity contribution >= 4 is 22.8 Å². The van der Waals surface area contributed by atoms with Crippen LogP contribution in [0.4, 0.5) is 5.69 Å². The molecule has 0 N–H and O–H groups in total. The molecule has 0 saturated heterocycles. The smallest absolute Gasteiger partial charge is 0.205 e. The summed E-state index contributed by atoms with van der Waals surface area (Å²) in [6.07, 6.45) is 3.41. The summed E-state index contributed by atoms with van der Waals surface area (Å²) in [4.78, 5) is 0. The van der Waals surface area contributed by atoms with Crippen molar-refractivity contribution in [2.45, 2.75) is 20.3 Å². The molecule has 0 unspecified atom stereocenters. The topological polar surface area (TPSA) is 7.94 Å². The third kappa shape index (κ3) is 1.98. The van der Waals surface area contributed by atoms with Crippen LogP contribution in [-0.4, -0.2) is 21.9 Å². The Kier molecular flexibility index (Phi) is 2.93. The molecule has 1 aromatic heterocycles. The van der Waals surface area contributed by atoms with E-state index < -0.39 is 0 Å². The first-order valence-corrected chi connectivity index (χ1v) is 7.89. The summed E-state index contributed by atoms with van der Waals surface area (Å²) in [6.45, 7) is 5.37. The minimum absolute atomic E-state index is 1.05. The van der Waals surface area contributed by atoms with E-state index in [4.69, 9.17) is 0 Å². The van der Waals surface area contributed by atoms with Gasteiger partial charge in [0.05, 0.1) is 0 Å². The lowest BCUT2D eigenvalue weighted by Crippen LogP contribution is -2.19. The second-order valence-corrected chi connectivity index (χ2v) is 6.35. The highest BCUT2D eigenvalue weighted by Crippen LogP contribution is 2.29. The molecule has 0 amide bonds. The van der Waals surface area contributed by atoms with Crippen molar-refractivity contribution in [2.24, 2.45) is 7.05 Å². The number of nitrogens with zero attached hydrogens (tertiary/aromatic N) is 2. The predicted molar refractivity (Wildman–Crippen MR) is 92.5 cm³/mol. The largest absolute Gasteiger partial charge is 0.339 e. The van der Waals surface area contributed by atoms with Crippen LogP contribution >= 0.6 is 0 Å². The second kappa shape index (κ2) is 4.84. The summed E-state index contributed by atoms with van der Waals surface area (Å²) in [5, 5.41) is 1.41. The molecule has 2 aromatic carbocycles. The van der Waals surface area contributed by atoms with Gasteiger partial charge < -0.3 is 4.57 Å². The number of hydrogen-bond acceptors (Lipinski definition) is 0. The molecule has 1 aliphatic rings. The normalized spacial score (nSPS) is 14.0. The third-order valence-corrected chi connectivity index (χ3v) is 4.72. The van der Waals surface area contributed by atoms with E-state index in [-0.39, 0.29) is 0 Å². The van der Waals surface area contributed by atoms with Crippen LogP contribution in [0.15, 0.2) is 42.5 Å². The summed E-state index contributed by atoms with van der Waals surface area (Å²) < 4.78 is 4.70. The molecule has 0 spiro atoms. The maximum atomic E-state index is 2.38. The monoisotopic (exact) mass is 289 g/mol. The Morgan fingerprint density at radius 2 is 1.82 bits per heavy atom. The lowest BCUT2D eigenvalue weighted by Gasteiger charge is -2.10. The van der Waals surface area contributed by atoms with Crippen LogP contribution in [0.25, 0.3) is 10.9 Å². The lowest BCUT2D eigenvalue weighted by molar-refractivity contribution is -0.436. The molecule has 22 heavy (non-hydrogen) atoms. The van der Waals surface area contributed by atoms with Gasteiger partial charge in [0, 0.05) is 36.5 Å². The molecule has 2 nitrogen and oxygen atoms in total. The van der Waals surface area contributed by atoms with E-state index in [1.165, 1.54) is 39.0 Å². The molecule has 2 heterocycles. The fourth-order valence-electron chi connectivity index (χ4n) is 3.54. The number of benzene rings is 2. The zero-order valence-electron chi connectivity index (χ0n) is 13.4. The number of fused-ring (bicyclic) bond motifs is 3. The minimum Gasteiger partial charge on any atom is -0.339 e. The molecular formula is C20H21N2+. The second-order valence-electron chi connectivity index (χ2n) is 6.35. The number of rotatable bonds is 1. The molecule has 2 heteroatoms.